The number of halogens is 4. The van der Waals surface area contributed by atoms with Crippen LogP contribution in [-0.2, 0) is 17.5 Å². The molecule has 3 amide bonds. The van der Waals surface area contributed by atoms with Crippen LogP contribution in [0.4, 0.5) is 28.0 Å². The number of rotatable bonds is 4. The van der Waals surface area contributed by atoms with Crippen molar-refractivity contribution < 1.29 is 27.2 Å². The first kappa shape index (κ1) is 22.6. The van der Waals surface area contributed by atoms with E-state index in [0.717, 1.165) is 11.6 Å². The van der Waals surface area contributed by atoms with E-state index in [-0.39, 0.29) is 37.0 Å². The predicted octanol–water partition coefficient (Wildman–Crippen LogP) is 4.79. The number of anilines is 1. The minimum atomic E-state index is -4.58. The summed E-state index contributed by atoms with van der Waals surface area (Å²) in [6.45, 7) is 2.52. The molecule has 0 aliphatic carbocycles. The van der Waals surface area contributed by atoms with Gasteiger partial charge in [-0.05, 0) is 42.7 Å². The predicted molar refractivity (Wildman–Crippen MR) is 108 cm³/mol. The SMILES string of the molecule is CC1(C(=O)NCc2ccc(F)cc2)CCN(C(=O)Nc2ccccc2C(F)(F)F)CC1. The maximum absolute atomic E-state index is 13.1. The molecular formula is C22H23F4N3O2. The fourth-order valence-corrected chi connectivity index (χ4v) is 3.46. The third-order valence-electron chi connectivity index (χ3n) is 5.54. The van der Waals surface area contributed by atoms with Gasteiger partial charge in [-0.3, -0.25) is 4.79 Å². The molecule has 1 aliphatic rings. The van der Waals surface area contributed by atoms with E-state index in [1.54, 1.807) is 19.1 Å². The smallest absolute Gasteiger partial charge is 0.352 e. The molecule has 1 heterocycles. The third-order valence-corrected chi connectivity index (χ3v) is 5.54. The standard InChI is InChI=1S/C22H23F4N3O2/c1-21(19(30)27-14-15-6-8-16(23)9-7-15)10-12-29(13-11-21)20(31)28-18-5-3-2-4-17(18)22(24,25)26/h2-9H,10-14H2,1H3,(H,27,30)(H,28,31). The first-order chi connectivity index (χ1) is 14.6. The van der Waals surface area contributed by atoms with E-state index in [1.807, 2.05) is 0 Å². The van der Waals surface area contributed by atoms with Crippen LogP contribution in [0.25, 0.3) is 0 Å². The molecule has 0 radical (unpaired) electrons. The normalized spacial score (nSPS) is 16.0. The Morgan fingerprint density at radius 1 is 1.03 bits per heavy atom. The molecule has 2 aromatic carbocycles. The highest BCUT2D eigenvalue weighted by Gasteiger charge is 2.39. The van der Waals surface area contributed by atoms with E-state index in [0.29, 0.717) is 12.8 Å². The second-order valence-electron chi connectivity index (χ2n) is 7.83. The molecule has 5 nitrogen and oxygen atoms in total. The van der Waals surface area contributed by atoms with Gasteiger partial charge in [0.05, 0.1) is 11.3 Å². The fourth-order valence-electron chi connectivity index (χ4n) is 3.46. The Morgan fingerprint density at radius 3 is 2.26 bits per heavy atom. The lowest BCUT2D eigenvalue weighted by Gasteiger charge is -2.38. The highest BCUT2D eigenvalue weighted by molar-refractivity contribution is 5.90. The van der Waals surface area contributed by atoms with Crippen LogP contribution in [0, 0.1) is 11.2 Å². The van der Waals surface area contributed by atoms with Crippen molar-refractivity contribution >= 4 is 17.6 Å². The number of amides is 3. The Hall–Kier alpha value is -3.10. The molecule has 2 N–H and O–H groups in total. The second kappa shape index (κ2) is 8.95. The maximum atomic E-state index is 13.1. The lowest BCUT2D eigenvalue weighted by molar-refractivity contribution is -0.137. The van der Waals surface area contributed by atoms with Crippen LogP contribution in [0.1, 0.15) is 30.9 Å². The zero-order chi connectivity index (χ0) is 22.6. The fraction of sp³-hybridized carbons (Fsp3) is 0.364. The van der Waals surface area contributed by atoms with Gasteiger partial charge in [-0.2, -0.15) is 13.2 Å². The minimum absolute atomic E-state index is 0.181. The summed E-state index contributed by atoms with van der Waals surface area (Å²) in [5, 5.41) is 5.16. The molecule has 0 spiro atoms. The number of likely N-dealkylation sites (tertiary alicyclic amines) is 1. The number of hydrogen-bond donors (Lipinski definition) is 2. The maximum Gasteiger partial charge on any atom is 0.418 e. The van der Waals surface area contributed by atoms with Crippen molar-refractivity contribution in [3.05, 3.63) is 65.5 Å². The van der Waals surface area contributed by atoms with Crippen LogP contribution in [0.2, 0.25) is 0 Å². The van der Waals surface area contributed by atoms with Gasteiger partial charge < -0.3 is 15.5 Å². The minimum Gasteiger partial charge on any atom is -0.352 e. The number of urea groups is 1. The van der Waals surface area contributed by atoms with Gasteiger partial charge in [-0.15, -0.1) is 0 Å². The Kier molecular flexibility index (Phi) is 6.52. The topological polar surface area (TPSA) is 61.4 Å². The number of piperidine rings is 1. The van der Waals surface area contributed by atoms with E-state index in [2.05, 4.69) is 10.6 Å². The lowest BCUT2D eigenvalue weighted by Crippen LogP contribution is -2.49. The van der Waals surface area contributed by atoms with E-state index >= 15 is 0 Å². The summed E-state index contributed by atoms with van der Waals surface area (Å²) < 4.78 is 52.3. The molecule has 1 saturated heterocycles. The molecule has 0 aromatic heterocycles. The first-order valence-corrected chi connectivity index (χ1v) is 9.83. The van der Waals surface area contributed by atoms with Crippen molar-refractivity contribution in [1.82, 2.24) is 10.2 Å². The summed E-state index contributed by atoms with van der Waals surface area (Å²) in [5.74, 6) is -0.537. The molecule has 0 atom stereocenters. The summed E-state index contributed by atoms with van der Waals surface area (Å²) in [6.07, 6.45) is -3.83. The van der Waals surface area contributed by atoms with Crippen LogP contribution in [0.15, 0.2) is 48.5 Å². The molecule has 3 rings (SSSR count). The molecule has 9 heteroatoms. The summed E-state index contributed by atoms with van der Waals surface area (Å²) >= 11 is 0. The van der Waals surface area contributed by atoms with Gasteiger partial charge in [-0.25, -0.2) is 9.18 Å². The molecule has 1 aliphatic heterocycles. The molecule has 166 valence electrons. The largest absolute Gasteiger partial charge is 0.418 e. The van der Waals surface area contributed by atoms with Crippen molar-refractivity contribution in [2.45, 2.75) is 32.5 Å². The first-order valence-electron chi connectivity index (χ1n) is 9.83. The Balaban J connectivity index is 1.55. The van der Waals surface area contributed by atoms with Gasteiger partial charge in [0, 0.05) is 25.0 Å². The van der Waals surface area contributed by atoms with E-state index < -0.39 is 23.2 Å². The summed E-state index contributed by atoms with van der Waals surface area (Å²) in [5.41, 5.74) is -1.16. The summed E-state index contributed by atoms with van der Waals surface area (Å²) in [4.78, 5) is 26.5. The lowest BCUT2D eigenvalue weighted by atomic mass is 9.79. The molecule has 0 bridgehead atoms. The van der Waals surface area contributed by atoms with Crippen molar-refractivity contribution in [2.24, 2.45) is 5.41 Å². The summed E-state index contributed by atoms with van der Waals surface area (Å²) in [6, 6.07) is 9.97. The number of carbonyl (C=O) groups is 2. The van der Waals surface area contributed by atoms with Crippen LogP contribution in [0.3, 0.4) is 0 Å². The van der Waals surface area contributed by atoms with Crippen molar-refractivity contribution in [1.29, 1.82) is 0 Å². The molecule has 31 heavy (non-hydrogen) atoms. The van der Waals surface area contributed by atoms with Crippen LogP contribution in [-0.4, -0.2) is 29.9 Å². The van der Waals surface area contributed by atoms with Gasteiger partial charge in [-0.1, -0.05) is 31.2 Å². The third kappa shape index (κ3) is 5.53. The number of benzene rings is 2. The van der Waals surface area contributed by atoms with Gasteiger partial charge in [0.2, 0.25) is 5.91 Å². The molecule has 0 unspecified atom stereocenters. The van der Waals surface area contributed by atoms with Crippen molar-refractivity contribution in [2.75, 3.05) is 18.4 Å². The molecule has 1 fully saturated rings. The van der Waals surface area contributed by atoms with Crippen molar-refractivity contribution in [3.63, 3.8) is 0 Å². The number of nitrogens with one attached hydrogen (secondary N) is 2. The average molecular weight is 437 g/mol. The summed E-state index contributed by atoms with van der Waals surface area (Å²) in [7, 11) is 0. The monoisotopic (exact) mass is 437 g/mol. The molecule has 0 saturated carbocycles. The van der Waals surface area contributed by atoms with Crippen LogP contribution < -0.4 is 10.6 Å². The Labute approximate surface area is 177 Å². The highest BCUT2D eigenvalue weighted by Crippen LogP contribution is 2.35. The number of nitrogens with zero attached hydrogens (tertiary/aromatic N) is 1. The van der Waals surface area contributed by atoms with Gasteiger partial charge in [0.25, 0.3) is 0 Å². The molecule has 2 aromatic rings. The molecular weight excluding hydrogens is 414 g/mol. The second-order valence-corrected chi connectivity index (χ2v) is 7.83. The zero-order valence-corrected chi connectivity index (χ0v) is 16.9. The number of alkyl halides is 3. The van der Waals surface area contributed by atoms with E-state index in [9.17, 15) is 27.2 Å². The number of carbonyl (C=O) groups excluding carboxylic acids is 2. The van der Waals surface area contributed by atoms with Crippen LogP contribution in [0.5, 0.6) is 0 Å². The van der Waals surface area contributed by atoms with Gasteiger partial charge >= 0.3 is 12.2 Å². The quantitative estimate of drug-likeness (QED) is 0.676. The zero-order valence-electron chi connectivity index (χ0n) is 16.9. The number of para-hydroxylation sites is 1. The number of hydrogen-bond acceptors (Lipinski definition) is 2. The van der Waals surface area contributed by atoms with Gasteiger partial charge in [0.15, 0.2) is 0 Å². The Morgan fingerprint density at radius 2 is 1.65 bits per heavy atom. The van der Waals surface area contributed by atoms with Crippen LogP contribution >= 0.6 is 0 Å². The van der Waals surface area contributed by atoms with E-state index in [4.69, 9.17) is 0 Å². The average Bonchev–Trinajstić information content (AvgIpc) is 2.73. The Bertz CT molecular complexity index is 937. The van der Waals surface area contributed by atoms with Gasteiger partial charge in [0.1, 0.15) is 5.82 Å². The van der Waals surface area contributed by atoms with Crippen molar-refractivity contribution in [3.8, 4) is 0 Å². The highest BCUT2D eigenvalue weighted by atomic mass is 19.4. The van der Waals surface area contributed by atoms with E-state index in [1.165, 1.54) is 35.2 Å².